The van der Waals surface area contributed by atoms with E-state index in [1.165, 1.54) is 0 Å². The van der Waals surface area contributed by atoms with Crippen molar-refractivity contribution in [2.45, 2.75) is 25.7 Å². The van der Waals surface area contributed by atoms with Gasteiger partial charge in [-0.25, -0.2) is 0 Å². The first-order chi connectivity index (χ1) is 7.79. The van der Waals surface area contributed by atoms with Crippen LogP contribution < -0.4 is 5.32 Å². The molecule has 1 unspecified atom stereocenters. The molecule has 3 nitrogen and oxygen atoms in total. The van der Waals surface area contributed by atoms with Gasteiger partial charge in [-0.3, -0.25) is 9.18 Å². The third kappa shape index (κ3) is 2.94. The molecule has 2 aliphatic heterocycles. The summed E-state index contributed by atoms with van der Waals surface area (Å²) in [4.78, 5) is 13.8. The topological polar surface area (TPSA) is 32.3 Å². The Labute approximate surface area is 96.4 Å². The van der Waals surface area contributed by atoms with Gasteiger partial charge in [-0.2, -0.15) is 0 Å². The van der Waals surface area contributed by atoms with Crippen LogP contribution in [0, 0.1) is 11.8 Å². The number of nitrogens with one attached hydrogen (secondary N) is 1. The maximum atomic E-state index is 12.4. The fourth-order valence-corrected chi connectivity index (χ4v) is 2.65. The summed E-state index contributed by atoms with van der Waals surface area (Å²) < 4.78 is 12.4. The molecule has 2 aliphatic rings. The van der Waals surface area contributed by atoms with Gasteiger partial charge < -0.3 is 10.2 Å². The Bertz CT molecular complexity index is 241. The molecular weight excluding hydrogens is 207 g/mol. The van der Waals surface area contributed by atoms with Crippen molar-refractivity contribution in [2.75, 3.05) is 32.9 Å². The molecule has 0 aliphatic carbocycles. The highest BCUT2D eigenvalue weighted by Gasteiger charge is 2.27. The van der Waals surface area contributed by atoms with Crippen molar-refractivity contribution in [2.24, 2.45) is 11.8 Å². The van der Waals surface area contributed by atoms with Crippen molar-refractivity contribution in [3.05, 3.63) is 0 Å². The van der Waals surface area contributed by atoms with E-state index in [4.69, 9.17) is 0 Å². The molecule has 0 radical (unpaired) electrons. The van der Waals surface area contributed by atoms with E-state index in [2.05, 4.69) is 5.32 Å². The van der Waals surface area contributed by atoms with Crippen LogP contribution >= 0.6 is 0 Å². The van der Waals surface area contributed by atoms with E-state index in [1.54, 1.807) is 0 Å². The molecule has 2 saturated heterocycles. The van der Waals surface area contributed by atoms with Crippen molar-refractivity contribution in [3.8, 4) is 0 Å². The molecule has 0 aromatic carbocycles. The molecule has 0 saturated carbocycles. The number of piperidine rings is 1. The number of alkyl halides is 1. The van der Waals surface area contributed by atoms with Gasteiger partial charge in [0, 0.05) is 25.4 Å². The third-order valence-corrected chi connectivity index (χ3v) is 3.78. The molecule has 0 aromatic heterocycles. The van der Waals surface area contributed by atoms with Gasteiger partial charge in [0.2, 0.25) is 5.91 Å². The summed E-state index contributed by atoms with van der Waals surface area (Å²) in [5, 5.41) is 3.30. The standard InChI is InChI=1S/C12H21FN2O/c13-8-11-3-6-15(9-11)12(16)7-10-1-4-14-5-2-10/h10-11,14H,1-9H2. The number of likely N-dealkylation sites (tertiary alicyclic amines) is 1. The van der Waals surface area contributed by atoms with Crippen LogP contribution in [0.5, 0.6) is 0 Å². The Hall–Kier alpha value is -0.640. The summed E-state index contributed by atoms with van der Waals surface area (Å²) in [6.07, 6.45) is 3.72. The zero-order valence-electron chi connectivity index (χ0n) is 9.75. The lowest BCUT2D eigenvalue weighted by Crippen LogP contribution is -2.34. The molecule has 0 bridgehead atoms. The Balaban J connectivity index is 1.75. The Morgan fingerprint density at radius 3 is 2.62 bits per heavy atom. The van der Waals surface area contributed by atoms with Crippen LogP contribution in [-0.4, -0.2) is 43.7 Å². The maximum absolute atomic E-state index is 12.4. The average Bonchev–Trinajstić information content (AvgIpc) is 2.79. The maximum Gasteiger partial charge on any atom is 0.222 e. The lowest BCUT2D eigenvalue weighted by atomic mass is 9.94. The summed E-state index contributed by atoms with van der Waals surface area (Å²) in [7, 11) is 0. The van der Waals surface area contributed by atoms with E-state index in [-0.39, 0.29) is 18.5 Å². The quantitative estimate of drug-likeness (QED) is 0.787. The van der Waals surface area contributed by atoms with Crippen LogP contribution in [-0.2, 0) is 4.79 Å². The van der Waals surface area contributed by atoms with Crippen molar-refractivity contribution >= 4 is 5.91 Å². The first kappa shape index (κ1) is 11.8. The Morgan fingerprint density at radius 1 is 1.25 bits per heavy atom. The van der Waals surface area contributed by atoms with E-state index in [1.807, 2.05) is 4.90 Å². The molecule has 1 atom stereocenters. The largest absolute Gasteiger partial charge is 0.342 e. The molecule has 1 amide bonds. The minimum atomic E-state index is -0.281. The van der Waals surface area contributed by atoms with Gasteiger partial charge in [0.15, 0.2) is 0 Å². The fourth-order valence-electron chi connectivity index (χ4n) is 2.65. The number of halogens is 1. The van der Waals surface area contributed by atoms with E-state index in [0.29, 0.717) is 18.9 Å². The van der Waals surface area contributed by atoms with Crippen molar-refractivity contribution in [1.29, 1.82) is 0 Å². The first-order valence-electron chi connectivity index (χ1n) is 6.34. The minimum absolute atomic E-state index is 0.0944. The smallest absolute Gasteiger partial charge is 0.222 e. The summed E-state index contributed by atoms with van der Waals surface area (Å²) in [5.41, 5.74) is 0. The molecule has 2 fully saturated rings. The van der Waals surface area contributed by atoms with E-state index < -0.39 is 0 Å². The van der Waals surface area contributed by atoms with E-state index >= 15 is 0 Å². The molecule has 92 valence electrons. The molecule has 0 spiro atoms. The number of amides is 1. The molecule has 2 heterocycles. The molecule has 4 heteroatoms. The summed E-state index contributed by atoms with van der Waals surface area (Å²) >= 11 is 0. The van der Waals surface area contributed by atoms with Gasteiger partial charge in [-0.1, -0.05) is 0 Å². The Morgan fingerprint density at radius 2 is 2.00 bits per heavy atom. The van der Waals surface area contributed by atoms with Crippen LogP contribution in [0.3, 0.4) is 0 Å². The molecule has 0 aromatic rings. The lowest BCUT2D eigenvalue weighted by Gasteiger charge is -2.24. The van der Waals surface area contributed by atoms with Gasteiger partial charge in [0.25, 0.3) is 0 Å². The second kappa shape index (κ2) is 5.62. The highest BCUT2D eigenvalue weighted by atomic mass is 19.1. The number of hydrogen-bond acceptors (Lipinski definition) is 2. The predicted octanol–water partition coefficient (Wildman–Crippen LogP) is 1.19. The number of carbonyl (C=O) groups is 1. The van der Waals surface area contributed by atoms with Gasteiger partial charge >= 0.3 is 0 Å². The number of carbonyl (C=O) groups excluding carboxylic acids is 1. The van der Waals surface area contributed by atoms with Gasteiger partial charge in [0.1, 0.15) is 0 Å². The predicted molar refractivity (Wildman–Crippen MR) is 60.9 cm³/mol. The second-order valence-corrected chi connectivity index (χ2v) is 5.05. The van der Waals surface area contributed by atoms with Crippen LogP contribution in [0.2, 0.25) is 0 Å². The number of rotatable bonds is 3. The molecule has 1 N–H and O–H groups in total. The van der Waals surface area contributed by atoms with Crippen LogP contribution in [0.4, 0.5) is 4.39 Å². The van der Waals surface area contributed by atoms with Crippen LogP contribution in [0.15, 0.2) is 0 Å². The normalized spacial score (nSPS) is 27.3. The summed E-state index contributed by atoms with van der Waals surface area (Å²) in [5.74, 6) is 0.873. The SMILES string of the molecule is O=C(CC1CCNCC1)N1CCC(CF)C1. The summed E-state index contributed by atoms with van der Waals surface area (Å²) in [6, 6.07) is 0. The fraction of sp³-hybridized carbons (Fsp3) is 0.917. The van der Waals surface area contributed by atoms with Crippen LogP contribution in [0.25, 0.3) is 0 Å². The highest BCUT2D eigenvalue weighted by molar-refractivity contribution is 5.76. The Kier molecular flexibility index (Phi) is 4.16. The molecule has 2 rings (SSSR count). The van der Waals surface area contributed by atoms with Crippen molar-refractivity contribution in [1.82, 2.24) is 10.2 Å². The molecular formula is C12H21FN2O. The van der Waals surface area contributed by atoms with Crippen LogP contribution in [0.1, 0.15) is 25.7 Å². The minimum Gasteiger partial charge on any atom is -0.342 e. The zero-order valence-corrected chi connectivity index (χ0v) is 9.75. The zero-order chi connectivity index (χ0) is 11.4. The van der Waals surface area contributed by atoms with Gasteiger partial charge in [0.05, 0.1) is 6.67 Å². The van der Waals surface area contributed by atoms with Gasteiger partial charge in [-0.15, -0.1) is 0 Å². The highest BCUT2D eigenvalue weighted by Crippen LogP contribution is 2.21. The monoisotopic (exact) mass is 228 g/mol. The molecule has 16 heavy (non-hydrogen) atoms. The average molecular weight is 228 g/mol. The van der Waals surface area contributed by atoms with Gasteiger partial charge in [-0.05, 0) is 38.3 Å². The van der Waals surface area contributed by atoms with E-state index in [0.717, 1.165) is 38.9 Å². The second-order valence-electron chi connectivity index (χ2n) is 5.05. The van der Waals surface area contributed by atoms with Crippen molar-refractivity contribution in [3.63, 3.8) is 0 Å². The number of nitrogens with zero attached hydrogens (tertiary/aromatic N) is 1. The first-order valence-corrected chi connectivity index (χ1v) is 6.34. The number of hydrogen-bond donors (Lipinski definition) is 1. The third-order valence-electron chi connectivity index (χ3n) is 3.78. The lowest BCUT2D eigenvalue weighted by molar-refractivity contribution is -0.131. The summed E-state index contributed by atoms with van der Waals surface area (Å²) in [6.45, 7) is 3.19. The van der Waals surface area contributed by atoms with Crippen molar-refractivity contribution < 1.29 is 9.18 Å². The van der Waals surface area contributed by atoms with E-state index in [9.17, 15) is 9.18 Å².